The van der Waals surface area contributed by atoms with Gasteiger partial charge in [0, 0.05) is 0 Å². The predicted octanol–water partition coefficient (Wildman–Crippen LogP) is -0.742. The molecule has 0 spiro atoms. The summed E-state index contributed by atoms with van der Waals surface area (Å²) in [6.07, 6.45) is -0.623. The summed E-state index contributed by atoms with van der Waals surface area (Å²) in [5.41, 5.74) is 5.17. The van der Waals surface area contributed by atoms with Crippen LogP contribution in [-0.4, -0.2) is 29.8 Å². The van der Waals surface area contributed by atoms with Crippen molar-refractivity contribution < 1.29 is 14.6 Å². The molecular weight excluding hydrogens is 134 g/mol. The van der Waals surface area contributed by atoms with Gasteiger partial charge in [-0.05, 0) is 13.8 Å². The van der Waals surface area contributed by atoms with Crippen LogP contribution in [0.4, 0.5) is 0 Å². The van der Waals surface area contributed by atoms with E-state index >= 15 is 0 Å². The maximum atomic E-state index is 10.6. The van der Waals surface area contributed by atoms with E-state index in [-0.39, 0.29) is 6.61 Å². The standard InChI is InChI=1S/C6H13NO3/c1-4(8)3-10-6(9)5(2)7/h4-5,8H,3,7H2,1-2H3/t4?,5-/m0/s1. The van der Waals surface area contributed by atoms with E-state index in [4.69, 9.17) is 10.8 Å². The van der Waals surface area contributed by atoms with Crippen LogP contribution in [0.15, 0.2) is 0 Å². The Morgan fingerprint density at radius 3 is 2.50 bits per heavy atom. The summed E-state index contributed by atoms with van der Waals surface area (Å²) < 4.78 is 4.55. The molecule has 0 amide bonds. The fourth-order valence-corrected chi connectivity index (χ4v) is 0.334. The number of aliphatic hydroxyl groups excluding tert-OH is 1. The molecule has 4 heteroatoms. The molecular formula is C6H13NO3. The second-order valence-corrected chi connectivity index (χ2v) is 2.27. The molecule has 10 heavy (non-hydrogen) atoms. The Balaban J connectivity index is 3.40. The van der Waals surface area contributed by atoms with Crippen LogP contribution in [0.5, 0.6) is 0 Å². The van der Waals surface area contributed by atoms with Gasteiger partial charge in [-0.3, -0.25) is 4.79 Å². The lowest BCUT2D eigenvalue weighted by Gasteiger charge is -2.07. The highest BCUT2D eigenvalue weighted by atomic mass is 16.5. The first-order valence-corrected chi connectivity index (χ1v) is 3.14. The van der Waals surface area contributed by atoms with Gasteiger partial charge < -0.3 is 15.6 Å². The molecule has 0 fully saturated rings. The summed E-state index contributed by atoms with van der Waals surface area (Å²) in [6.45, 7) is 3.08. The van der Waals surface area contributed by atoms with Crippen molar-refractivity contribution in [3.8, 4) is 0 Å². The van der Waals surface area contributed by atoms with Crippen LogP contribution in [-0.2, 0) is 9.53 Å². The van der Waals surface area contributed by atoms with Crippen LogP contribution in [0.3, 0.4) is 0 Å². The number of carbonyl (C=O) groups is 1. The minimum Gasteiger partial charge on any atom is -0.462 e. The molecule has 0 radical (unpaired) electrons. The van der Waals surface area contributed by atoms with E-state index in [9.17, 15) is 4.79 Å². The highest BCUT2D eigenvalue weighted by Crippen LogP contribution is 1.86. The average molecular weight is 147 g/mol. The van der Waals surface area contributed by atoms with Crippen LogP contribution in [0.2, 0.25) is 0 Å². The van der Waals surface area contributed by atoms with E-state index < -0.39 is 18.1 Å². The van der Waals surface area contributed by atoms with Crippen LogP contribution in [0, 0.1) is 0 Å². The number of aliphatic hydroxyl groups is 1. The quantitative estimate of drug-likeness (QED) is 0.515. The van der Waals surface area contributed by atoms with Crippen LogP contribution < -0.4 is 5.73 Å². The van der Waals surface area contributed by atoms with Gasteiger partial charge in [0.05, 0.1) is 6.10 Å². The van der Waals surface area contributed by atoms with Crippen molar-refractivity contribution in [2.75, 3.05) is 6.61 Å². The number of hydrogen-bond acceptors (Lipinski definition) is 4. The minimum atomic E-state index is -0.623. The van der Waals surface area contributed by atoms with E-state index in [2.05, 4.69) is 4.74 Å². The molecule has 0 heterocycles. The first-order chi connectivity index (χ1) is 4.54. The number of hydrogen-bond donors (Lipinski definition) is 2. The lowest BCUT2D eigenvalue weighted by molar-refractivity contribution is -0.147. The molecule has 0 aromatic heterocycles. The number of nitrogens with two attached hydrogens (primary N) is 1. The zero-order valence-corrected chi connectivity index (χ0v) is 6.20. The zero-order valence-electron chi connectivity index (χ0n) is 6.20. The van der Waals surface area contributed by atoms with Crippen molar-refractivity contribution in [1.82, 2.24) is 0 Å². The molecule has 0 bridgehead atoms. The van der Waals surface area contributed by atoms with Crippen molar-refractivity contribution in [3.63, 3.8) is 0 Å². The van der Waals surface area contributed by atoms with Crippen molar-refractivity contribution in [1.29, 1.82) is 0 Å². The molecule has 2 atom stereocenters. The lowest BCUT2D eigenvalue weighted by atomic mass is 10.4. The first kappa shape index (κ1) is 9.39. The molecule has 3 N–H and O–H groups in total. The van der Waals surface area contributed by atoms with Crippen LogP contribution in [0.1, 0.15) is 13.8 Å². The summed E-state index contributed by atoms with van der Waals surface area (Å²) in [7, 11) is 0. The van der Waals surface area contributed by atoms with Gasteiger partial charge in [-0.15, -0.1) is 0 Å². The van der Waals surface area contributed by atoms with E-state index in [0.29, 0.717) is 0 Å². The first-order valence-electron chi connectivity index (χ1n) is 3.14. The third kappa shape index (κ3) is 4.29. The predicted molar refractivity (Wildman–Crippen MR) is 36.3 cm³/mol. The maximum absolute atomic E-state index is 10.6. The zero-order chi connectivity index (χ0) is 8.15. The number of esters is 1. The summed E-state index contributed by atoms with van der Waals surface area (Å²) in [5, 5.41) is 8.66. The van der Waals surface area contributed by atoms with Crippen molar-refractivity contribution in [3.05, 3.63) is 0 Å². The number of rotatable bonds is 3. The van der Waals surface area contributed by atoms with Crippen molar-refractivity contribution >= 4 is 5.97 Å². The smallest absolute Gasteiger partial charge is 0.322 e. The van der Waals surface area contributed by atoms with Gasteiger partial charge in [0.1, 0.15) is 12.6 Å². The van der Waals surface area contributed by atoms with E-state index in [1.54, 1.807) is 0 Å². The highest BCUT2D eigenvalue weighted by Gasteiger charge is 2.08. The molecule has 0 aliphatic carbocycles. The molecule has 4 nitrogen and oxygen atoms in total. The highest BCUT2D eigenvalue weighted by molar-refractivity contribution is 5.74. The van der Waals surface area contributed by atoms with Gasteiger partial charge in [0.15, 0.2) is 0 Å². The second-order valence-electron chi connectivity index (χ2n) is 2.27. The summed E-state index contributed by atoms with van der Waals surface area (Å²) >= 11 is 0. The molecule has 0 aliphatic rings. The molecule has 0 saturated heterocycles. The third-order valence-electron chi connectivity index (χ3n) is 0.839. The number of carbonyl (C=O) groups excluding carboxylic acids is 1. The van der Waals surface area contributed by atoms with Gasteiger partial charge in [-0.2, -0.15) is 0 Å². The Hall–Kier alpha value is -0.610. The molecule has 0 aliphatic heterocycles. The molecule has 0 saturated carbocycles. The van der Waals surface area contributed by atoms with Gasteiger partial charge in [0.25, 0.3) is 0 Å². The van der Waals surface area contributed by atoms with E-state index in [0.717, 1.165) is 0 Å². The van der Waals surface area contributed by atoms with Crippen LogP contribution >= 0.6 is 0 Å². The maximum Gasteiger partial charge on any atom is 0.322 e. The summed E-state index contributed by atoms with van der Waals surface area (Å²) in [4.78, 5) is 10.6. The second kappa shape index (κ2) is 4.24. The Morgan fingerprint density at radius 1 is 1.70 bits per heavy atom. The summed E-state index contributed by atoms with van der Waals surface area (Å²) in [6, 6.07) is -0.612. The molecule has 0 rings (SSSR count). The Labute approximate surface area is 60.0 Å². The fraction of sp³-hybridized carbons (Fsp3) is 0.833. The molecule has 60 valence electrons. The van der Waals surface area contributed by atoms with Gasteiger partial charge in [0.2, 0.25) is 0 Å². The average Bonchev–Trinajstić information content (AvgIpc) is 1.82. The van der Waals surface area contributed by atoms with E-state index in [1.165, 1.54) is 13.8 Å². The SMILES string of the molecule is CC(O)COC(=O)[C@H](C)N. The van der Waals surface area contributed by atoms with Gasteiger partial charge >= 0.3 is 5.97 Å². The Bertz CT molecular complexity index is 112. The normalized spacial score (nSPS) is 16.0. The summed E-state index contributed by atoms with van der Waals surface area (Å²) in [5.74, 6) is -0.485. The molecule has 1 unspecified atom stereocenters. The van der Waals surface area contributed by atoms with Crippen molar-refractivity contribution in [2.45, 2.75) is 26.0 Å². The van der Waals surface area contributed by atoms with Crippen molar-refractivity contribution in [2.24, 2.45) is 5.73 Å². The lowest BCUT2D eigenvalue weighted by Crippen LogP contribution is -2.30. The minimum absolute atomic E-state index is 0.0143. The number of ether oxygens (including phenoxy) is 1. The largest absolute Gasteiger partial charge is 0.462 e. The van der Waals surface area contributed by atoms with Gasteiger partial charge in [-0.25, -0.2) is 0 Å². The fourth-order valence-electron chi connectivity index (χ4n) is 0.334. The molecule has 0 aromatic carbocycles. The Morgan fingerprint density at radius 2 is 2.20 bits per heavy atom. The molecule has 0 aromatic rings. The van der Waals surface area contributed by atoms with E-state index in [1.807, 2.05) is 0 Å². The van der Waals surface area contributed by atoms with Gasteiger partial charge in [-0.1, -0.05) is 0 Å². The third-order valence-corrected chi connectivity index (χ3v) is 0.839. The topological polar surface area (TPSA) is 72.5 Å². The Kier molecular flexibility index (Phi) is 3.99. The van der Waals surface area contributed by atoms with Crippen LogP contribution in [0.25, 0.3) is 0 Å². The monoisotopic (exact) mass is 147 g/mol.